The molecular weight excluding hydrogens is 364 g/mol. The minimum atomic E-state index is -0.0214. The summed E-state index contributed by atoms with van der Waals surface area (Å²) in [5.41, 5.74) is 4.63. The number of aromatic amines is 1. The smallest absolute Gasteiger partial charge is 0.253 e. The lowest BCUT2D eigenvalue weighted by molar-refractivity contribution is 0.0953. The van der Waals surface area contributed by atoms with E-state index in [1.165, 1.54) is 18.4 Å². The van der Waals surface area contributed by atoms with Crippen LogP contribution in [0, 0.1) is 5.92 Å². The van der Waals surface area contributed by atoms with E-state index in [4.69, 9.17) is 9.72 Å². The number of anilines is 1. The molecule has 1 aliphatic heterocycles. The second-order valence-electron chi connectivity index (χ2n) is 8.00. The van der Waals surface area contributed by atoms with Gasteiger partial charge in [0.2, 0.25) is 0 Å². The van der Waals surface area contributed by atoms with Gasteiger partial charge < -0.3 is 19.9 Å². The lowest BCUT2D eigenvalue weighted by Crippen LogP contribution is -2.37. The van der Waals surface area contributed by atoms with Crippen LogP contribution in [0.5, 0.6) is 0 Å². The highest BCUT2D eigenvalue weighted by atomic mass is 16.5. The van der Waals surface area contributed by atoms with Gasteiger partial charge in [-0.2, -0.15) is 0 Å². The van der Waals surface area contributed by atoms with Gasteiger partial charge in [-0.25, -0.2) is 4.98 Å². The molecule has 6 nitrogen and oxygen atoms in total. The fourth-order valence-electron chi connectivity index (χ4n) is 3.85. The zero-order valence-electron chi connectivity index (χ0n) is 16.5. The molecule has 150 valence electrons. The normalized spacial score (nSPS) is 16.9. The Kier molecular flexibility index (Phi) is 4.94. The topological polar surface area (TPSA) is 70.2 Å². The number of carbonyl (C=O) groups is 1. The summed E-state index contributed by atoms with van der Waals surface area (Å²) < 4.78 is 5.47. The van der Waals surface area contributed by atoms with Gasteiger partial charge in [-0.1, -0.05) is 30.3 Å². The van der Waals surface area contributed by atoms with E-state index in [1.54, 1.807) is 0 Å². The number of morpholine rings is 1. The van der Waals surface area contributed by atoms with Crippen LogP contribution in [0.1, 0.15) is 34.5 Å². The first-order valence-electron chi connectivity index (χ1n) is 10.4. The van der Waals surface area contributed by atoms with Crippen molar-refractivity contribution in [3.63, 3.8) is 0 Å². The molecule has 3 aromatic rings. The third kappa shape index (κ3) is 4.12. The summed E-state index contributed by atoms with van der Waals surface area (Å²) in [4.78, 5) is 23.5. The number of nitrogens with zero attached hydrogens (tertiary/aromatic N) is 2. The van der Waals surface area contributed by atoms with Crippen molar-refractivity contribution in [2.24, 2.45) is 5.92 Å². The summed E-state index contributed by atoms with van der Waals surface area (Å²) >= 11 is 0. The molecule has 3 heterocycles. The molecular formula is C23H26N4O2. The third-order valence-electron chi connectivity index (χ3n) is 5.70. The molecule has 1 saturated carbocycles. The van der Waals surface area contributed by atoms with Crippen molar-refractivity contribution in [1.29, 1.82) is 0 Å². The number of pyridine rings is 1. The molecule has 1 amide bonds. The first kappa shape index (κ1) is 18.2. The SMILES string of the molecule is O=C(NCC1CC1)c1cc(N2CCOCC2)nc2cc(Cc3ccccc3)[nH]c12. The summed E-state index contributed by atoms with van der Waals surface area (Å²) in [5, 5.41) is 3.11. The molecule has 2 aliphatic rings. The molecule has 2 fully saturated rings. The molecule has 1 saturated heterocycles. The monoisotopic (exact) mass is 390 g/mol. The zero-order chi connectivity index (χ0) is 19.6. The lowest BCUT2D eigenvalue weighted by atomic mass is 10.1. The number of carbonyl (C=O) groups excluding carboxylic acids is 1. The number of H-pyrrole nitrogens is 1. The van der Waals surface area contributed by atoms with Crippen molar-refractivity contribution in [3.05, 3.63) is 59.3 Å². The van der Waals surface area contributed by atoms with E-state index in [0.717, 1.165) is 48.6 Å². The number of rotatable bonds is 6. The van der Waals surface area contributed by atoms with Crippen molar-refractivity contribution in [3.8, 4) is 0 Å². The van der Waals surface area contributed by atoms with Gasteiger partial charge in [0.15, 0.2) is 0 Å². The summed E-state index contributed by atoms with van der Waals surface area (Å²) in [6.45, 7) is 3.73. The van der Waals surface area contributed by atoms with Gasteiger partial charge in [0.25, 0.3) is 5.91 Å². The number of nitrogens with one attached hydrogen (secondary N) is 2. The Bertz CT molecular complexity index is 1000. The van der Waals surface area contributed by atoms with Gasteiger partial charge in [0.1, 0.15) is 5.82 Å². The van der Waals surface area contributed by atoms with E-state index in [1.807, 2.05) is 24.3 Å². The molecule has 0 spiro atoms. The lowest BCUT2D eigenvalue weighted by Gasteiger charge is -2.28. The van der Waals surface area contributed by atoms with Crippen molar-refractivity contribution in [1.82, 2.24) is 15.3 Å². The highest BCUT2D eigenvalue weighted by Crippen LogP contribution is 2.29. The van der Waals surface area contributed by atoms with Gasteiger partial charge in [-0.3, -0.25) is 4.79 Å². The third-order valence-corrected chi connectivity index (χ3v) is 5.70. The van der Waals surface area contributed by atoms with E-state index in [2.05, 4.69) is 33.4 Å². The molecule has 2 aromatic heterocycles. The molecule has 0 bridgehead atoms. The number of amides is 1. The fraction of sp³-hybridized carbons (Fsp3) is 0.391. The maximum absolute atomic E-state index is 13.0. The summed E-state index contributed by atoms with van der Waals surface area (Å²) in [5.74, 6) is 1.47. The Morgan fingerprint density at radius 2 is 1.97 bits per heavy atom. The number of ether oxygens (including phenoxy) is 1. The van der Waals surface area contributed by atoms with E-state index in [9.17, 15) is 4.79 Å². The Balaban J connectivity index is 1.50. The van der Waals surface area contributed by atoms with Crippen molar-refractivity contribution in [2.75, 3.05) is 37.7 Å². The summed E-state index contributed by atoms with van der Waals surface area (Å²) in [6.07, 6.45) is 3.22. The number of fused-ring (bicyclic) bond motifs is 1. The van der Waals surface area contributed by atoms with E-state index in [-0.39, 0.29) is 5.91 Å². The molecule has 6 heteroatoms. The average Bonchev–Trinajstić information content (AvgIpc) is 3.51. The van der Waals surface area contributed by atoms with Gasteiger partial charge in [0.05, 0.1) is 29.8 Å². The predicted molar refractivity (Wildman–Crippen MR) is 113 cm³/mol. The number of hydrogen-bond acceptors (Lipinski definition) is 4. The van der Waals surface area contributed by atoms with Crippen molar-refractivity contribution in [2.45, 2.75) is 19.3 Å². The Labute approximate surface area is 170 Å². The quantitative estimate of drug-likeness (QED) is 0.678. The van der Waals surface area contributed by atoms with E-state index < -0.39 is 0 Å². The second-order valence-corrected chi connectivity index (χ2v) is 8.00. The standard InChI is InChI=1S/C23H26N4O2/c28-23(24-15-17-6-7-17)19-14-21(27-8-10-29-11-9-27)26-20-13-18(25-22(19)20)12-16-4-2-1-3-5-16/h1-5,13-14,17,25H,6-12,15H2,(H,24,28). The van der Waals surface area contributed by atoms with E-state index in [0.29, 0.717) is 24.7 Å². The first-order chi connectivity index (χ1) is 14.3. The minimum Gasteiger partial charge on any atom is -0.378 e. The molecule has 0 radical (unpaired) electrons. The highest BCUT2D eigenvalue weighted by molar-refractivity contribution is 6.06. The zero-order valence-corrected chi connectivity index (χ0v) is 16.5. The van der Waals surface area contributed by atoms with Crippen LogP contribution >= 0.6 is 0 Å². The minimum absolute atomic E-state index is 0.0214. The molecule has 0 unspecified atom stereocenters. The molecule has 1 aliphatic carbocycles. The summed E-state index contributed by atoms with van der Waals surface area (Å²) in [7, 11) is 0. The first-order valence-corrected chi connectivity index (χ1v) is 10.4. The van der Waals surface area contributed by atoms with Crippen LogP contribution in [0.15, 0.2) is 42.5 Å². The average molecular weight is 390 g/mol. The van der Waals surface area contributed by atoms with Crippen LogP contribution in [0.2, 0.25) is 0 Å². The van der Waals surface area contributed by atoms with E-state index >= 15 is 0 Å². The maximum atomic E-state index is 13.0. The van der Waals surface area contributed by atoms with Gasteiger partial charge in [-0.05, 0) is 36.5 Å². The number of aromatic nitrogens is 2. The highest BCUT2D eigenvalue weighted by Gasteiger charge is 2.24. The fourth-order valence-corrected chi connectivity index (χ4v) is 3.85. The van der Waals surface area contributed by atoms with Gasteiger partial charge in [0, 0.05) is 31.7 Å². The molecule has 29 heavy (non-hydrogen) atoms. The number of benzene rings is 1. The Morgan fingerprint density at radius 3 is 2.72 bits per heavy atom. The molecule has 0 atom stereocenters. The van der Waals surface area contributed by atoms with Gasteiger partial charge >= 0.3 is 0 Å². The molecule has 5 rings (SSSR count). The molecule has 1 aromatic carbocycles. The Hall–Kier alpha value is -2.86. The van der Waals surface area contributed by atoms with Crippen LogP contribution in [-0.4, -0.2) is 48.7 Å². The van der Waals surface area contributed by atoms with Crippen LogP contribution < -0.4 is 10.2 Å². The van der Waals surface area contributed by atoms with Crippen molar-refractivity contribution >= 4 is 22.8 Å². The second kappa shape index (κ2) is 7.87. The van der Waals surface area contributed by atoms with Crippen LogP contribution in [0.3, 0.4) is 0 Å². The van der Waals surface area contributed by atoms with Crippen LogP contribution in [0.25, 0.3) is 11.0 Å². The van der Waals surface area contributed by atoms with Crippen LogP contribution in [-0.2, 0) is 11.2 Å². The summed E-state index contributed by atoms with van der Waals surface area (Å²) in [6, 6.07) is 14.3. The Morgan fingerprint density at radius 1 is 1.17 bits per heavy atom. The predicted octanol–water partition coefficient (Wildman–Crippen LogP) is 3.13. The number of hydrogen-bond donors (Lipinski definition) is 2. The van der Waals surface area contributed by atoms with Crippen molar-refractivity contribution < 1.29 is 9.53 Å². The van der Waals surface area contributed by atoms with Gasteiger partial charge in [-0.15, -0.1) is 0 Å². The largest absolute Gasteiger partial charge is 0.378 e. The maximum Gasteiger partial charge on any atom is 0.253 e. The molecule has 2 N–H and O–H groups in total. The van der Waals surface area contributed by atoms with Crippen LogP contribution in [0.4, 0.5) is 5.82 Å².